The van der Waals surface area contributed by atoms with E-state index in [1.165, 1.54) is 18.1 Å². The number of nitrogens with zero attached hydrogens (tertiary/aromatic N) is 3. The molecule has 3 aromatic carbocycles. The van der Waals surface area contributed by atoms with E-state index in [2.05, 4.69) is 34.3 Å². The molecule has 188 valence electrons. The molecule has 0 bridgehead atoms. The Morgan fingerprint density at radius 1 is 0.973 bits per heavy atom. The zero-order chi connectivity index (χ0) is 25.4. The zero-order valence-electron chi connectivity index (χ0n) is 20.5. The number of carbonyl (C=O) groups is 1. The van der Waals surface area contributed by atoms with Crippen LogP contribution in [0.5, 0.6) is 11.5 Å². The highest BCUT2D eigenvalue weighted by Gasteiger charge is 2.36. The summed E-state index contributed by atoms with van der Waals surface area (Å²) >= 11 is 6.19. The summed E-state index contributed by atoms with van der Waals surface area (Å²) in [6.07, 6.45) is 2.98. The first kappa shape index (κ1) is 23.7. The predicted molar refractivity (Wildman–Crippen MR) is 145 cm³/mol. The lowest BCUT2D eigenvalue weighted by Gasteiger charge is -2.32. The van der Waals surface area contributed by atoms with Gasteiger partial charge >= 0.3 is 0 Å². The number of piperazine rings is 1. The Hall–Kier alpha value is -3.65. The lowest BCUT2D eigenvalue weighted by Crippen LogP contribution is -2.43. The van der Waals surface area contributed by atoms with Crippen LogP contribution in [0.15, 0.2) is 78.2 Å². The van der Waals surface area contributed by atoms with Gasteiger partial charge in [-0.2, -0.15) is 0 Å². The number of aliphatic imine (C=N–C) groups is 1. The van der Waals surface area contributed by atoms with Crippen LogP contribution in [0.25, 0.3) is 0 Å². The number of likely N-dealkylation sites (N-methyl/N-ethyl adjacent to an activating group) is 1. The number of hydrogen-bond acceptors (Lipinski definition) is 6. The molecule has 3 aliphatic heterocycles. The van der Waals surface area contributed by atoms with Gasteiger partial charge in [-0.05, 0) is 60.6 Å². The number of rotatable bonds is 5. The Morgan fingerprint density at radius 2 is 1.73 bits per heavy atom. The second-order valence-electron chi connectivity index (χ2n) is 9.57. The van der Waals surface area contributed by atoms with Crippen LogP contribution in [0.1, 0.15) is 22.6 Å². The number of benzene rings is 3. The number of amides is 1. The van der Waals surface area contributed by atoms with Gasteiger partial charge in [0.25, 0.3) is 0 Å². The summed E-state index contributed by atoms with van der Waals surface area (Å²) in [7, 11) is 2.16. The zero-order valence-corrected chi connectivity index (χ0v) is 21.2. The van der Waals surface area contributed by atoms with Crippen LogP contribution in [0.3, 0.4) is 0 Å². The van der Waals surface area contributed by atoms with E-state index < -0.39 is 5.92 Å². The van der Waals surface area contributed by atoms with Crippen LogP contribution in [0, 0.1) is 0 Å². The Balaban J connectivity index is 1.35. The molecule has 3 heterocycles. The van der Waals surface area contributed by atoms with Crippen molar-refractivity contribution in [3.63, 3.8) is 0 Å². The molecule has 37 heavy (non-hydrogen) atoms. The predicted octanol–water partition coefficient (Wildman–Crippen LogP) is 5.19. The van der Waals surface area contributed by atoms with Crippen LogP contribution in [0.2, 0.25) is 5.02 Å². The first-order valence-corrected chi connectivity index (χ1v) is 12.7. The maximum absolute atomic E-state index is 13.2. The van der Waals surface area contributed by atoms with Crippen molar-refractivity contribution < 1.29 is 14.3 Å². The van der Waals surface area contributed by atoms with E-state index in [0.717, 1.165) is 49.5 Å². The van der Waals surface area contributed by atoms with Crippen molar-refractivity contribution in [3.05, 3.63) is 94.9 Å². The van der Waals surface area contributed by atoms with Gasteiger partial charge in [0.15, 0.2) is 11.5 Å². The molecule has 0 aliphatic carbocycles. The van der Waals surface area contributed by atoms with Gasteiger partial charge in [0.05, 0.1) is 11.4 Å². The molecule has 0 spiro atoms. The maximum atomic E-state index is 13.2. The molecule has 1 saturated heterocycles. The van der Waals surface area contributed by atoms with Gasteiger partial charge in [-0.15, -0.1) is 0 Å². The van der Waals surface area contributed by atoms with Gasteiger partial charge in [0, 0.05) is 49.0 Å². The van der Waals surface area contributed by atoms with Crippen LogP contribution in [-0.2, 0) is 11.3 Å². The first-order chi connectivity index (χ1) is 18.0. The van der Waals surface area contributed by atoms with Crippen LogP contribution in [-0.4, -0.2) is 54.6 Å². The number of hydrogen-bond donors (Lipinski definition) is 1. The van der Waals surface area contributed by atoms with Crippen LogP contribution in [0.4, 0.5) is 11.4 Å². The number of nitrogens with one attached hydrogen (secondary N) is 1. The third-order valence-corrected chi connectivity index (χ3v) is 7.23. The third kappa shape index (κ3) is 4.98. The molecule has 3 aromatic rings. The summed E-state index contributed by atoms with van der Waals surface area (Å²) in [5.74, 6) is 0.458. The van der Waals surface area contributed by atoms with Gasteiger partial charge in [0.2, 0.25) is 5.91 Å². The number of carbonyl (C=O) groups excluding carboxylic acids is 1. The fourth-order valence-corrected chi connectivity index (χ4v) is 5.11. The highest BCUT2D eigenvalue weighted by atomic mass is 35.5. The largest absolute Gasteiger partial charge is 0.458 e. The summed E-state index contributed by atoms with van der Waals surface area (Å²) in [6, 6.07) is 19.3. The molecular formula is C29H27ClN4O3. The average Bonchev–Trinajstić information content (AvgIpc) is 3.23. The standard InChI is InChI=1S/C29H27ClN4O3/c1-33-10-12-34(13-11-33)18-19-2-6-22(7-3-19)31-28(20-4-9-25-26(16-20)37-15-14-36-25)27-23-8-5-21(30)17-24(23)32-29(27)35/h2-9,14-17,27H,10-13,18H2,1H3,(H,32,35). The molecule has 8 heteroatoms. The highest BCUT2D eigenvalue weighted by molar-refractivity contribution is 6.31. The van der Waals surface area contributed by atoms with Gasteiger partial charge in [-0.3, -0.25) is 14.7 Å². The quantitative estimate of drug-likeness (QED) is 0.475. The SMILES string of the molecule is CN1CCN(Cc2ccc(N=C(c3ccc4c(c3)OC=CO4)C3C(=O)Nc4cc(Cl)ccc43)cc2)CC1. The highest BCUT2D eigenvalue weighted by Crippen LogP contribution is 2.39. The smallest absolute Gasteiger partial charge is 0.238 e. The minimum absolute atomic E-state index is 0.141. The Morgan fingerprint density at radius 3 is 2.51 bits per heavy atom. The molecule has 1 fully saturated rings. The lowest BCUT2D eigenvalue weighted by molar-refractivity contribution is -0.115. The fourth-order valence-electron chi connectivity index (χ4n) is 4.94. The van der Waals surface area contributed by atoms with Gasteiger partial charge in [-0.25, -0.2) is 0 Å². The first-order valence-electron chi connectivity index (χ1n) is 12.3. The number of fused-ring (bicyclic) bond motifs is 2. The minimum Gasteiger partial charge on any atom is -0.458 e. The minimum atomic E-state index is -0.588. The second-order valence-corrected chi connectivity index (χ2v) is 10.0. The van der Waals surface area contributed by atoms with E-state index in [4.69, 9.17) is 26.1 Å². The molecular weight excluding hydrogens is 488 g/mol. The molecule has 1 N–H and O–H groups in total. The van der Waals surface area contributed by atoms with Gasteiger partial charge < -0.3 is 19.7 Å². The number of ether oxygens (including phenoxy) is 2. The van der Waals surface area contributed by atoms with E-state index >= 15 is 0 Å². The molecule has 3 aliphatic rings. The van der Waals surface area contributed by atoms with E-state index in [1.54, 1.807) is 12.1 Å². The lowest BCUT2D eigenvalue weighted by atomic mass is 9.90. The Bertz CT molecular complexity index is 1390. The van der Waals surface area contributed by atoms with Crippen LogP contribution < -0.4 is 14.8 Å². The molecule has 1 atom stereocenters. The van der Waals surface area contributed by atoms with Crippen molar-refractivity contribution in [2.24, 2.45) is 4.99 Å². The molecule has 1 amide bonds. The van der Waals surface area contributed by atoms with Crippen molar-refractivity contribution in [2.75, 3.05) is 38.5 Å². The van der Waals surface area contributed by atoms with Crippen molar-refractivity contribution in [3.8, 4) is 11.5 Å². The van der Waals surface area contributed by atoms with Gasteiger partial charge in [0.1, 0.15) is 18.4 Å². The topological polar surface area (TPSA) is 66.4 Å². The van der Waals surface area contributed by atoms with E-state index in [9.17, 15) is 4.79 Å². The number of halogens is 1. The van der Waals surface area contributed by atoms with Crippen molar-refractivity contribution >= 4 is 34.6 Å². The van der Waals surface area contributed by atoms with Crippen molar-refractivity contribution in [1.82, 2.24) is 9.80 Å². The van der Waals surface area contributed by atoms with E-state index in [-0.39, 0.29) is 5.91 Å². The summed E-state index contributed by atoms with van der Waals surface area (Å²) in [6.45, 7) is 5.24. The molecule has 6 rings (SSSR count). The molecule has 0 aromatic heterocycles. The Kier molecular flexibility index (Phi) is 6.42. The molecule has 0 saturated carbocycles. The van der Waals surface area contributed by atoms with Crippen molar-refractivity contribution in [1.29, 1.82) is 0 Å². The summed E-state index contributed by atoms with van der Waals surface area (Å²) in [4.78, 5) is 23.1. The fraction of sp³-hybridized carbons (Fsp3) is 0.241. The second kappa shape index (κ2) is 10.0. The van der Waals surface area contributed by atoms with Crippen molar-refractivity contribution in [2.45, 2.75) is 12.5 Å². The monoisotopic (exact) mass is 514 g/mol. The number of anilines is 1. The summed E-state index contributed by atoms with van der Waals surface area (Å²) < 4.78 is 11.2. The summed E-state index contributed by atoms with van der Waals surface area (Å²) in [5, 5.41) is 3.53. The van der Waals surface area contributed by atoms with E-state index in [1.807, 2.05) is 36.4 Å². The molecule has 0 radical (unpaired) electrons. The van der Waals surface area contributed by atoms with Crippen LogP contribution >= 0.6 is 11.6 Å². The van der Waals surface area contributed by atoms with Gasteiger partial charge in [-0.1, -0.05) is 29.8 Å². The summed E-state index contributed by atoms with van der Waals surface area (Å²) in [5.41, 5.74) is 4.98. The average molecular weight is 515 g/mol. The third-order valence-electron chi connectivity index (χ3n) is 6.99. The van der Waals surface area contributed by atoms with E-state index in [0.29, 0.717) is 27.9 Å². The normalized spacial score (nSPS) is 19.6. The Labute approximate surface area is 221 Å². The maximum Gasteiger partial charge on any atom is 0.238 e. The molecule has 1 unspecified atom stereocenters. The molecule has 7 nitrogen and oxygen atoms in total.